The molecule has 88 valence electrons. The number of nitrogens with one attached hydrogen (secondary N) is 1. The molecule has 1 N–H and O–H groups in total. The Bertz CT molecular complexity index is 480. The highest BCUT2D eigenvalue weighted by Gasteiger charge is 1.97. The first-order valence-corrected chi connectivity index (χ1v) is 5.98. The standard InChI is InChI=1S/C14H15ClN2/c1-11-8-16-7-6-13(11)10-17-9-12-2-4-14(15)5-3-12/h2-8,17H,9-10H2,1H3. The number of aromatic nitrogens is 1. The van der Waals surface area contributed by atoms with Crippen LogP contribution in [-0.2, 0) is 13.1 Å². The maximum Gasteiger partial charge on any atom is 0.0406 e. The Balaban J connectivity index is 1.88. The Labute approximate surface area is 107 Å². The fraction of sp³-hybridized carbons (Fsp3) is 0.214. The summed E-state index contributed by atoms with van der Waals surface area (Å²) in [5.41, 5.74) is 3.74. The molecule has 1 aromatic carbocycles. The van der Waals surface area contributed by atoms with Crippen molar-refractivity contribution in [1.29, 1.82) is 0 Å². The number of rotatable bonds is 4. The summed E-state index contributed by atoms with van der Waals surface area (Å²) in [6, 6.07) is 9.94. The Morgan fingerprint density at radius 3 is 2.59 bits per heavy atom. The van der Waals surface area contributed by atoms with Crippen molar-refractivity contribution in [3.8, 4) is 0 Å². The van der Waals surface area contributed by atoms with Gasteiger partial charge in [-0.1, -0.05) is 23.7 Å². The molecule has 1 aromatic heterocycles. The fourth-order valence-corrected chi connectivity index (χ4v) is 1.77. The SMILES string of the molecule is Cc1cnccc1CNCc1ccc(Cl)cc1. The van der Waals surface area contributed by atoms with Crippen LogP contribution in [0.1, 0.15) is 16.7 Å². The van der Waals surface area contributed by atoms with E-state index >= 15 is 0 Å². The summed E-state index contributed by atoms with van der Waals surface area (Å²) >= 11 is 5.84. The van der Waals surface area contributed by atoms with Gasteiger partial charge in [0.15, 0.2) is 0 Å². The molecule has 0 aliphatic rings. The lowest BCUT2D eigenvalue weighted by Gasteiger charge is -2.07. The lowest BCUT2D eigenvalue weighted by Crippen LogP contribution is -2.13. The van der Waals surface area contributed by atoms with Gasteiger partial charge in [0.2, 0.25) is 0 Å². The molecule has 0 saturated heterocycles. The van der Waals surface area contributed by atoms with Crippen molar-refractivity contribution in [1.82, 2.24) is 10.3 Å². The van der Waals surface area contributed by atoms with E-state index in [2.05, 4.69) is 17.2 Å². The van der Waals surface area contributed by atoms with E-state index < -0.39 is 0 Å². The predicted octanol–water partition coefficient (Wildman–Crippen LogP) is 3.33. The van der Waals surface area contributed by atoms with Gasteiger partial charge in [-0.05, 0) is 41.8 Å². The molecule has 17 heavy (non-hydrogen) atoms. The molecule has 1 heterocycles. The summed E-state index contributed by atoms with van der Waals surface area (Å²) in [5.74, 6) is 0. The van der Waals surface area contributed by atoms with Gasteiger partial charge in [0, 0.05) is 30.5 Å². The molecule has 0 atom stereocenters. The highest BCUT2D eigenvalue weighted by Crippen LogP contribution is 2.10. The summed E-state index contributed by atoms with van der Waals surface area (Å²) in [6.45, 7) is 3.78. The van der Waals surface area contributed by atoms with Gasteiger partial charge in [-0.15, -0.1) is 0 Å². The maximum absolute atomic E-state index is 5.84. The minimum atomic E-state index is 0.777. The van der Waals surface area contributed by atoms with Crippen molar-refractivity contribution >= 4 is 11.6 Å². The molecule has 0 fully saturated rings. The molecule has 2 aromatic rings. The predicted molar refractivity (Wildman–Crippen MR) is 71.0 cm³/mol. The van der Waals surface area contributed by atoms with E-state index in [9.17, 15) is 0 Å². The van der Waals surface area contributed by atoms with Crippen molar-refractivity contribution < 1.29 is 0 Å². The molecule has 2 rings (SSSR count). The Morgan fingerprint density at radius 2 is 1.88 bits per heavy atom. The lowest BCUT2D eigenvalue weighted by atomic mass is 10.1. The number of hydrogen-bond donors (Lipinski definition) is 1. The summed E-state index contributed by atoms with van der Waals surface area (Å²) < 4.78 is 0. The van der Waals surface area contributed by atoms with Gasteiger partial charge in [-0.2, -0.15) is 0 Å². The van der Waals surface area contributed by atoms with E-state index in [0.29, 0.717) is 0 Å². The quantitative estimate of drug-likeness (QED) is 0.895. The van der Waals surface area contributed by atoms with Crippen LogP contribution in [0.15, 0.2) is 42.7 Å². The molecular weight excluding hydrogens is 232 g/mol. The van der Waals surface area contributed by atoms with Gasteiger partial charge >= 0.3 is 0 Å². The van der Waals surface area contributed by atoms with Crippen LogP contribution in [0, 0.1) is 6.92 Å². The van der Waals surface area contributed by atoms with Gasteiger partial charge in [-0.25, -0.2) is 0 Å². The molecular formula is C14H15ClN2. The molecule has 0 bridgehead atoms. The summed E-state index contributed by atoms with van der Waals surface area (Å²) in [4.78, 5) is 4.08. The first-order valence-electron chi connectivity index (χ1n) is 5.60. The van der Waals surface area contributed by atoms with Crippen molar-refractivity contribution in [2.45, 2.75) is 20.0 Å². The topological polar surface area (TPSA) is 24.9 Å². The van der Waals surface area contributed by atoms with E-state index in [1.54, 1.807) is 0 Å². The van der Waals surface area contributed by atoms with Crippen LogP contribution in [0.25, 0.3) is 0 Å². The number of hydrogen-bond acceptors (Lipinski definition) is 2. The van der Waals surface area contributed by atoms with E-state index in [1.165, 1.54) is 16.7 Å². The molecule has 0 aliphatic heterocycles. The minimum Gasteiger partial charge on any atom is -0.309 e. The van der Waals surface area contributed by atoms with Crippen molar-refractivity contribution in [2.75, 3.05) is 0 Å². The number of nitrogens with zero attached hydrogens (tertiary/aromatic N) is 1. The second kappa shape index (κ2) is 5.80. The Morgan fingerprint density at radius 1 is 1.12 bits per heavy atom. The average Bonchev–Trinajstić information content (AvgIpc) is 2.34. The van der Waals surface area contributed by atoms with Gasteiger partial charge < -0.3 is 5.32 Å². The van der Waals surface area contributed by atoms with Crippen LogP contribution in [0.2, 0.25) is 5.02 Å². The zero-order valence-electron chi connectivity index (χ0n) is 9.78. The smallest absolute Gasteiger partial charge is 0.0406 e. The lowest BCUT2D eigenvalue weighted by molar-refractivity contribution is 0.690. The third-order valence-corrected chi connectivity index (χ3v) is 2.95. The fourth-order valence-electron chi connectivity index (χ4n) is 1.64. The minimum absolute atomic E-state index is 0.777. The van der Waals surface area contributed by atoms with Crippen molar-refractivity contribution in [2.24, 2.45) is 0 Å². The van der Waals surface area contributed by atoms with E-state index in [0.717, 1.165) is 18.1 Å². The van der Waals surface area contributed by atoms with E-state index in [4.69, 9.17) is 11.6 Å². The molecule has 0 spiro atoms. The second-order valence-electron chi connectivity index (χ2n) is 4.03. The van der Waals surface area contributed by atoms with Crippen LogP contribution in [-0.4, -0.2) is 4.98 Å². The third-order valence-electron chi connectivity index (χ3n) is 2.69. The van der Waals surface area contributed by atoms with Crippen molar-refractivity contribution in [3.05, 3.63) is 64.4 Å². The second-order valence-corrected chi connectivity index (χ2v) is 4.47. The molecule has 0 unspecified atom stereocenters. The van der Waals surface area contributed by atoms with Crippen LogP contribution in [0.4, 0.5) is 0 Å². The molecule has 0 saturated carbocycles. The largest absolute Gasteiger partial charge is 0.309 e. The third kappa shape index (κ3) is 3.55. The first kappa shape index (κ1) is 12.1. The highest BCUT2D eigenvalue weighted by molar-refractivity contribution is 6.30. The van der Waals surface area contributed by atoms with Crippen LogP contribution < -0.4 is 5.32 Å². The first-order chi connectivity index (χ1) is 8.25. The molecule has 0 amide bonds. The molecule has 2 nitrogen and oxygen atoms in total. The van der Waals surface area contributed by atoms with Crippen LogP contribution in [0.3, 0.4) is 0 Å². The van der Waals surface area contributed by atoms with Gasteiger partial charge in [0.05, 0.1) is 0 Å². The molecule has 0 aliphatic carbocycles. The summed E-state index contributed by atoms with van der Waals surface area (Å²) in [6.07, 6.45) is 3.71. The number of pyridine rings is 1. The zero-order valence-corrected chi connectivity index (χ0v) is 10.5. The van der Waals surface area contributed by atoms with Gasteiger partial charge in [-0.3, -0.25) is 4.98 Å². The Kier molecular flexibility index (Phi) is 4.13. The average molecular weight is 247 g/mol. The van der Waals surface area contributed by atoms with Crippen LogP contribution in [0.5, 0.6) is 0 Å². The number of halogens is 1. The summed E-state index contributed by atoms with van der Waals surface area (Å²) in [5, 5.41) is 4.18. The highest BCUT2D eigenvalue weighted by atomic mass is 35.5. The van der Waals surface area contributed by atoms with Crippen LogP contribution >= 0.6 is 11.6 Å². The zero-order chi connectivity index (χ0) is 12.1. The maximum atomic E-state index is 5.84. The molecule has 3 heteroatoms. The van der Waals surface area contributed by atoms with Gasteiger partial charge in [0.25, 0.3) is 0 Å². The monoisotopic (exact) mass is 246 g/mol. The van der Waals surface area contributed by atoms with E-state index in [-0.39, 0.29) is 0 Å². The number of aryl methyl sites for hydroxylation is 1. The Hall–Kier alpha value is -1.38. The van der Waals surface area contributed by atoms with Gasteiger partial charge in [0.1, 0.15) is 0 Å². The molecule has 0 radical (unpaired) electrons. The number of benzene rings is 1. The van der Waals surface area contributed by atoms with E-state index in [1.807, 2.05) is 42.7 Å². The normalized spacial score (nSPS) is 10.5. The van der Waals surface area contributed by atoms with Crippen molar-refractivity contribution in [3.63, 3.8) is 0 Å². The summed E-state index contributed by atoms with van der Waals surface area (Å²) in [7, 11) is 0.